The number of rotatable bonds is 11. The van der Waals surface area contributed by atoms with Gasteiger partial charge in [0.05, 0.1) is 5.75 Å². The second kappa shape index (κ2) is 10.3. The molecule has 2 amide bonds. The Morgan fingerprint density at radius 1 is 1.42 bits per heavy atom. The van der Waals surface area contributed by atoms with Gasteiger partial charge in [-0.05, 0) is 16.0 Å². The van der Waals surface area contributed by atoms with E-state index in [4.69, 9.17) is 15.6 Å². The molecule has 33 heavy (non-hydrogen) atoms. The average Bonchev–Trinajstić information content (AvgIpc) is 3.19. The number of tetrazole rings is 1. The monoisotopic (exact) mass is 519 g/mol. The Labute approximate surface area is 200 Å². The van der Waals surface area contributed by atoms with Crippen LogP contribution in [-0.4, -0.2) is 106 Å². The van der Waals surface area contributed by atoms with Gasteiger partial charge >= 0.3 is 11.9 Å². The van der Waals surface area contributed by atoms with Crippen LogP contribution in [0.25, 0.3) is 0 Å². The molecule has 1 saturated heterocycles. The van der Waals surface area contributed by atoms with E-state index < -0.39 is 40.9 Å². The number of nitrogens with zero attached hydrogens (tertiary/aromatic N) is 5. The number of nitrogens with one attached hydrogen (secondary N) is 1. The van der Waals surface area contributed by atoms with Crippen LogP contribution in [-0.2, 0) is 31.0 Å². The van der Waals surface area contributed by atoms with Crippen molar-refractivity contribution in [1.29, 1.82) is 0 Å². The largest absolute Gasteiger partial charge is 0.480 e. The van der Waals surface area contributed by atoms with Crippen molar-refractivity contribution in [3.63, 3.8) is 0 Å². The summed E-state index contributed by atoms with van der Waals surface area (Å²) in [5.41, 5.74) is 4.05. The predicted molar refractivity (Wildman–Crippen MR) is 118 cm³/mol. The van der Waals surface area contributed by atoms with Gasteiger partial charge in [0, 0.05) is 31.4 Å². The standard InChI is InChI=1S/C16H21N7O7S3/c1-22-15(19-20-21-22)33-4-7-3-32-14-16(30-2,13(29)23(14)10(7)12(27)28)18-9(24)6-31-5-8(17)11(25)26/h8,14H,3-6,17H2,1-2H3,(H,18,24)(H,25,26)(H,27,28)/t8?,14?,16-/m0/s1. The second-order valence-corrected chi connectivity index (χ2v) is 9.96. The summed E-state index contributed by atoms with van der Waals surface area (Å²) in [5, 5.41) is 31.9. The minimum absolute atomic E-state index is 0.00888. The highest BCUT2D eigenvalue weighted by Gasteiger charge is 2.66. The number of aromatic nitrogens is 4. The van der Waals surface area contributed by atoms with Crippen molar-refractivity contribution in [3.8, 4) is 0 Å². The number of carbonyl (C=O) groups is 4. The van der Waals surface area contributed by atoms with Crippen LogP contribution in [0.4, 0.5) is 0 Å². The van der Waals surface area contributed by atoms with Crippen molar-refractivity contribution in [2.45, 2.75) is 22.3 Å². The van der Waals surface area contributed by atoms with Gasteiger partial charge in [-0.3, -0.25) is 19.3 Å². The van der Waals surface area contributed by atoms with E-state index in [1.54, 1.807) is 7.05 Å². The maximum atomic E-state index is 13.0. The summed E-state index contributed by atoms with van der Waals surface area (Å²) < 4.78 is 6.82. The highest BCUT2D eigenvalue weighted by atomic mass is 32.2. The van der Waals surface area contributed by atoms with Crippen LogP contribution >= 0.6 is 35.3 Å². The molecule has 180 valence electrons. The van der Waals surface area contributed by atoms with Crippen molar-refractivity contribution < 1.29 is 34.1 Å². The smallest absolute Gasteiger partial charge is 0.352 e. The fourth-order valence-electron chi connectivity index (χ4n) is 3.14. The number of carboxylic acids is 2. The molecule has 0 aliphatic carbocycles. The lowest BCUT2D eigenvalue weighted by Crippen LogP contribution is -2.80. The number of aliphatic carboxylic acids is 2. The van der Waals surface area contributed by atoms with Gasteiger partial charge in [-0.15, -0.1) is 28.6 Å². The number of methoxy groups -OCH3 is 1. The summed E-state index contributed by atoms with van der Waals surface area (Å²) in [4.78, 5) is 49.3. The quantitative estimate of drug-likeness (QED) is 0.144. The molecule has 0 bridgehead atoms. The molecule has 17 heteroatoms. The van der Waals surface area contributed by atoms with Crippen molar-refractivity contribution in [2.24, 2.45) is 12.8 Å². The van der Waals surface area contributed by atoms with Crippen LogP contribution < -0.4 is 11.1 Å². The van der Waals surface area contributed by atoms with Crippen molar-refractivity contribution >= 4 is 59.0 Å². The maximum absolute atomic E-state index is 13.0. The Kier molecular flexibility index (Phi) is 7.88. The molecule has 0 saturated carbocycles. The zero-order valence-electron chi connectivity index (χ0n) is 17.5. The number of hydrogen-bond acceptors (Lipinski definition) is 12. The van der Waals surface area contributed by atoms with Crippen molar-refractivity contribution in [3.05, 3.63) is 11.3 Å². The molecule has 5 N–H and O–H groups in total. The Balaban J connectivity index is 1.70. The van der Waals surface area contributed by atoms with Crippen LogP contribution in [0.1, 0.15) is 0 Å². The normalized spacial score (nSPS) is 23.1. The number of β-lactam (4-membered cyclic amide) rings is 1. The summed E-state index contributed by atoms with van der Waals surface area (Å²) in [6.07, 6.45) is 0. The number of carboxylic acid groups (broad SMARTS) is 2. The van der Waals surface area contributed by atoms with Crippen molar-refractivity contribution in [2.75, 3.05) is 30.1 Å². The van der Waals surface area contributed by atoms with Gasteiger partial charge in [0.15, 0.2) is 0 Å². The Morgan fingerprint density at radius 2 is 2.15 bits per heavy atom. The molecule has 3 heterocycles. The first-order valence-electron chi connectivity index (χ1n) is 9.30. The maximum Gasteiger partial charge on any atom is 0.352 e. The minimum atomic E-state index is -1.72. The second-order valence-electron chi connectivity index (χ2n) is 6.92. The van der Waals surface area contributed by atoms with E-state index in [0.717, 1.165) is 16.7 Å². The van der Waals surface area contributed by atoms with Gasteiger partial charge in [-0.25, -0.2) is 9.48 Å². The molecule has 14 nitrogen and oxygen atoms in total. The van der Waals surface area contributed by atoms with E-state index in [0.29, 0.717) is 10.7 Å². The first-order valence-corrected chi connectivity index (χ1v) is 12.5. The molecule has 3 rings (SSSR count). The van der Waals surface area contributed by atoms with Gasteiger partial charge < -0.3 is 26.0 Å². The van der Waals surface area contributed by atoms with E-state index in [1.807, 2.05) is 0 Å². The van der Waals surface area contributed by atoms with Gasteiger partial charge in [-0.2, -0.15) is 0 Å². The van der Waals surface area contributed by atoms with Crippen LogP contribution in [0, 0.1) is 0 Å². The Morgan fingerprint density at radius 3 is 2.73 bits per heavy atom. The average molecular weight is 520 g/mol. The molecule has 1 aromatic rings. The molecule has 1 aromatic heterocycles. The molecule has 2 aliphatic rings. The number of ether oxygens (including phenoxy) is 1. The highest BCUT2D eigenvalue weighted by molar-refractivity contribution is 8.01. The number of amides is 2. The minimum Gasteiger partial charge on any atom is -0.480 e. The molecule has 0 radical (unpaired) electrons. The molecule has 2 aliphatic heterocycles. The highest BCUT2D eigenvalue weighted by Crippen LogP contribution is 2.47. The van der Waals surface area contributed by atoms with Crippen LogP contribution in [0.3, 0.4) is 0 Å². The molecular weight excluding hydrogens is 498 g/mol. The molecule has 0 aromatic carbocycles. The zero-order valence-corrected chi connectivity index (χ0v) is 19.9. The fraction of sp³-hybridized carbons (Fsp3) is 0.562. The van der Waals surface area contributed by atoms with Crippen LogP contribution in [0.15, 0.2) is 16.4 Å². The number of thioether (sulfide) groups is 3. The summed E-state index contributed by atoms with van der Waals surface area (Å²) in [5.74, 6) is -3.32. The first-order chi connectivity index (χ1) is 15.6. The van der Waals surface area contributed by atoms with Gasteiger partial charge in [-0.1, -0.05) is 11.8 Å². The van der Waals surface area contributed by atoms with E-state index in [2.05, 4.69) is 20.8 Å². The molecule has 0 spiro atoms. The third-order valence-corrected chi connectivity index (χ3v) is 8.30. The number of carbonyl (C=O) groups excluding carboxylic acids is 2. The number of nitrogens with two attached hydrogens (primary N) is 1. The van der Waals surface area contributed by atoms with E-state index >= 15 is 0 Å². The lowest BCUT2D eigenvalue weighted by Gasteiger charge is -2.55. The lowest BCUT2D eigenvalue weighted by atomic mass is 9.98. The summed E-state index contributed by atoms with van der Waals surface area (Å²) in [6.45, 7) is 0. The molecular formula is C16H21N7O7S3. The molecule has 1 fully saturated rings. The lowest BCUT2D eigenvalue weighted by molar-refractivity contribution is -0.192. The van der Waals surface area contributed by atoms with Crippen LogP contribution in [0.2, 0.25) is 0 Å². The zero-order chi connectivity index (χ0) is 24.3. The van der Waals surface area contributed by atoms with E-state index in [1.165, 1.54) is 35.3 Å². The van der Waals surface area contributed by atoms with E-state index in [-0.39, 0.29) is 28.7 Å². The number of aryl methyl sites for hydroxylation is 1. The number of fused-ring (bicyclic) bond motifs is 1. The Bertz CT molecular complexity index is 1000. The Hall–Kier alpha value is -2.34. The fourth-order valence-corrected chi connectivity index (χ4v) is 6.34. The van der Waals surface area contributed by atoms with Gasteiger partial charge in [0.1, 0.15) is 17.1 Å². The summed E-state index contributed by atoms with van der Waals surface area (Å²) in [6, 6.07) is -1.12. The summed E-state index contributed by atoms with van der Waals surface area (Å²) in [7, 11) is 2.91. The number of hydrogen-bond donors (Lipinski definition) is 4. The van der Waals surface area contributed by atoms with Gasteiger partial charge in [0.25, 0.3) is 11.6 Å². The SMILES string of the molecule is CO[C@@]1(NC(=O)CSCC(N)C(=O)O)C(=O)N2C(C(=O)O)=C(CSc3nnnn3C)CSC21. The summed E-state index contributed by atoms with van der Waals surface area (Å²) >= 11 is 3.50. The first kappa shape index (κ1) is 25.3. The van der Waals surface area contributed by atoms with Crippen LogP contribution in [0.5, 0.6) is 0 Å². The van der Waals surface area contributed by atoms with Gasteiger partial charge in [0.2, 0.25) is 11.1 Å². The predicted octanol–water partition coefficient (Wildman–Crippen LogP) is -1.84. The van der Waals surface area contributed by atoms with Crippen molar-refractivity contribution in [1.82, 2.24) is 30.4 Å². The third-order valence-electron chi connectivity index (χ3n) is 4.76. The topological polar surface area (TPSA) is 203 Å². The van der Waals surface area contributed by atoms with E-state index in [9.17, 15) is 24.3 Å². The third kappa shape index (κ3) is 4.96. The molecule has 3 atom stereocenters. The molecule has 2 unspecified atom stereocenters.